The lowest BCUT2D eigenvalue weighted by molar-refractivity contribution is 0.103. The lowest BCUT2D eigenvalue weighted by Crippen LogP contribution is -2.11. The summed E-state index contributed by atoms with van der Waals surface area (Å²) in [6.07, 6.45) is 2.02. The summed E-state index contributed by atoms with van der Waals surface area (Å²) in [5, 5.41) is 4.85. The summed E-state index contributed by atoms with van der Waals surface area (Å²) in [5.74, 6) is -0.0317. The Bertz CT molecular complexity index is 534. The molecule has 17 heavy (non-hydrogen) atoms. The van der Waals surface area contributed by atoms with E-state index in [0.717, 1.165) is 21.0 Å². The maximum absolute atomic E-state index is 12.0. The van der Waals surface area contributed by atoms with Crippen LogP contribution in [0.5, 0.6) is 0 Å². The highest BCUT2D eigenvalue weighted by Crippen LogP contribution is 2.21. The van der Waals surface area contributed by atoms with Gasteiger partial charge in [-0.1, -0.05) is 6.07 Å². The van der Waals surface area contributed by atoms with Crippen LogP contribution in [0.4, 0.5) is 5.69 Å². The van der Waals surface area contributed by atoms with Crippen molar-refractivity contribution in [3.05, 3.63) is 46.2 Å². The number of rotatable bonds is 3. The van der Waals surface area contributed by atoms with Gasteiger partial charge in [0.15, 0.2) is 0 Å². The molecule has 0 unspecified atom stereocenters. The van der Waals surface area contributed by atoms with E-state index in [1.54, 1.807) is 11.8 Å². The summed E-state index contributed by atoms with van der Waals surface area (Å²) in [6.45, 7) is 1.95. The molecule has 2 aromatic rings. The Kier molecular flexibility index (Phi) is 3.86. The van der Waals surface area contributed by atoms with E-state index in [-0.39, 0.29) is 5.91 Å². The lowest BCUT2D eigenvalue weighted by atomic mass is 10.2. The predicted molar refractivity (Wildman–Crippen MR) is 75.2 cm³/mol. The van der Waals surface area contributed by atoms with E-state index in [4.69, 9.17) is 0 Å². The Morgan fingerprint density at radius 1 is 1.35 bits per heavy atom. The molecule has 0 aliphatic heterocycles. The number of anilines is 1. The van der Waals surface area contributed by atoms with Gasteiger partial charge in [-0.3, -0.25) is 4.79 Å². The monoisotopic (exact) mass is 263 g/mol. The van der Waals surface area contributed by atoms with Gasteiger partial charge < -0.3 is 5.32 Å². The molecule has 0 atom stereocenters. The van der Waals surface area contributed by atoms with Crippen molar-refractivity contribution < 1.29 is 4.79 Å². The van der Waals surface area contributed by atoms with Gasteiger partial charge in [-0.2, -0.15) is 0 Å². The molecule has 0 fully saturated rings. The summed E-state index contributed by atoms with van der Waals surface area (Å²) >= 11 is 3.13. The highest BCUT2D eigenvalue weighted by molar-refractivity contribution is 7.98. The smallest absolute Gasteiger partial charge is 0.265 e. The third-order valence-corrected chi connectivity index (χ3v) is 4.14. The Hall–Kier alpha value is -1.26. The van der Waals surface area contributed by atoms with Gasteiger partial charge in [0.1, 0.15) is 0 Å². The minimum atomic E-state index is -0.0317. The van der Waals surface area contributed by atoms with Crippen LogP contribution >= 0.6 is 23.1 Å². The second-order valence-electron chi connectivity index (χ2n) is 3.62. The largest absolute Gasteiger partial charge is 0.321 e. The van der Waals surface area contributed by atoms with Crippen LogP contribution in [-0.4, -0.2) is 12.2 Å². The number of hydrogen-bond donors (Lipinski definition) is 1. The zero-order chi connectivity index (χ0) is 12.3. The zero-order valence-electron chi connectivity index (χ0n) is 9.69. The molecule has 0 saturated carbocycles. The third kappa shape index (κ3) is 2.90. The maximum Gasteiger partial charge on any atom is 0.265 e. The summed E-state index contributed by atoms with van der Waals surface area (Å²) in [4.78, 5) is 13.9. The molecular formula is C13H13NOS2. The molecule has 0 bridgehead atoms. The van der Waals surface area contributed by atoms with Crippen molar-refractivity contribution in [3.8, 4) is 0 Å². The molecule has 2 rings (SSSR count). The van der Waals surface area contributed by atoms with E-state index in [0.29, 0.717) is 0 Å². The van der Waals surface area contributed by atoms with E-state index in [1.165, 1.54) is 11.3 Å². The first-order chi connectivity index (χ1) is 8.20. The number of benzene rings is 1. The Morgan fingerprint density at radius 3 is 2.82 bits per heavy atom. The van der Waals surface area contributed by atoms with E-state index in [9.17, 15) is 4.79 Å². The molecule has 0 aliphatic rings. The fourth-order valence-corrected chi connectivity index (χ4v) is 2.77. The van der Waals surface area contributed by atoms with Crippen molar-refractivity contribution in [3.63, 3.8) is 0 Å². The molecule has 1 N–H and O–H groups in total. The van der Waals surface area contributed by atoms with Crippen LogP contribution < -0.4 is 5.32 Å². The molecule has 1 amide bonds. The number of carbonyl (C=O) groups excluding carboxylic acids is 1. The molecular weight excluding hydrogens is 250 g/mol. The fourth-order valence-electron chi connectivity index (χ4n) is 1.49. The highest BCUT2D eigenvalue weighted by Gasteiger charge is 2.10. The topological polar surface area (TPSA) is 29.1 Å². The standard InChI is InChI=1S/C13H13NOS2/c1-9-6-7-17-12(9)13(15)14-10-4-3-5-11(8-10)16-2/h3-8H,1-2H3,(H,14,15). The Balaban J connectivity index is 2.16. The SMILES string of the molecule is CSc1cccc(NC(=O)c2sccc2C)c1. The summed E-state index contributed by atoms with van der Waals surface area (Å²) in [5.41, 5.74) is 1.86. The summed E-state index contributed by atoms with van der Waals surface area (Å²) < 4.78 is 0. The first kappa shape index (κ1) is 12.2. The molecule has 0 saturated heterocycles. The van der Waals surface area contributed by atoms with Crippen LogP contribution in [0.3, 0.4) is 0 Å². The van der Waals surface area contributed by atoms with Crippen LogP contribution in [0.15, 0.2) is 40.6 Å². The quantitative estimate of drug-likeness (QED) is 0.847. The minimum Gasteiger partial charge on any atom is -0.321 e. The zero-order valence-corrected chi connectivity index (χ0v) is 11.3. The van der Waals surface area contributed by atoms with E-state index >= 15 is 0 Å². The second-order valence-corrected chi connectivity index (χ2v) is 5.41. The van der Waals surface area contributed by atoms with Crippen molar-refractivity contribution >= 4 is 34.7 Å². The van der Waals surface area contributed by atoms with Gasteiger partial charge in [0.05, 0.1) is 4.88 Å². The Morgan fingerprint density at radius 2 is 2.18 bits per heavy atom. The molecule has 1 heterocycles. The van der Waals surface area contributed by atoms with Gasteiger partial charge in [0.25, 0.3) is 5.91 Å². The number of nitrogens with one attached hydrogen (secondary N) is 1. The number of aryl methyl sites for hydroxylation is 1. The number of hydrogen-bond acceptors (Lipinski definition) is 3. The van der Waals surface area contributed by atoms with Crippen molar-refractivity contribution in [1.82, 2.24) is 0 Å². The van der Waals surface area contributed by atoms with Crippen LogP contribution in [-0.2, 0) is 0 Å². The van der Waals surface area contributed by atoms with Crippen LogP contribution in [0.1, 0.15) is 15.2 Å². The average molecular weight is 263 g/mol. The van der Waals surface area contributed by atoms with E-state index < -0.39 is 0 Å². The highest BCUT2D eigenvalue weighted by atomic mass is 32.2. The molecule has 4 heteroatoms. The van der Waals surface area contributed by atoms with Crippen molar-refractivity contribution in [2.45, 2.75) is 11.8 Å². The van der Waals surface area contributed by atoms with Gasteiger partial charge in [-0.05, 0) is 48.4 Å². The van der Waals surface area contributed by atoms with Crippen molar-refractivity contribution in [2.24, 2.45) is 0 Å². The van der Waals surface area contributed by atoms with Gasteiger partial charge in [-0.25, -0.2) is 0 Å². The molecule has 1 aromatic carbocycles. The van der Waals surface area contributed by atoms with Gasteiger partial charge in [0, 0.05) is 10.6 Å². The first-order valence-corrected chi connectivity index (χ1v) is 7.30. The van der Waals surface area contributed by atoms with Crippen LogP contribution in [0.25, 0.3) is 0 Å². The number of thiophene rings is 1. The molecule has 1 aromatic heterocycles. The van der Waals surface area contributed by atoms with Gasteiger partial charge in [0.2, 0.25) is 0 Å². The van der Waals surface area contributed by atoms with Gasteiger partial charge >= 0.3 is 0 Å². The normalized spacial score (nSPS) is 10.2. The minimum absolute atomic E-state index is 0.0317. The van der Waals surface area contributed by atoms with E-state index in [2.05, 4.69) is 5.32 Å². The fraction of sp³-hybridized carbons (Fsp3) is 0.154. The summed E-state index contributed by atoms with van der Waals surface area (Å²) in [6, 6.07) is 9.81. The molecule has 0 radical (unpaired) electrons. The molecule has 0 spiro atoms. The average Bonchev–Trinajstić information content (AvgIpc) is 2.76. The van der Waals surface area contributed by atoms with E-state index in [1.807, 2.05) is 48.9 Å². The summed E-state index contributed by atoms with van der Waals surface area (Å²) in [7, 11) is 0. The number of thioether (sulfide) groups is 1. The maximum atomic E-state index is 12.0. The third-order valence-electron chi connectivity index (χ3n) is 2.40. The number of carbonyl (C=O) groups is 1. The Labute approximate surface area is 109 Å². The van der Waals surface area contributed by atoms with Gasteiger partial charge in [-0.15, -0.1) is 23.1 Å². The second kappa shape index (κ2) is 5.38. The van der Waals surface area contributed by atoms with Crippen molar-refractivity contribution in [1.29, 1.82) is 0 Å². The molecule has 2 nitrogen and oxygen atoms in total. The first-order valence-electron chi connectivity index (χ1n) is 5.20. The molecule has 88 valence electrons. The van der Waals surface area contributed by atoms with Crippen molar-refractivity contribution in [2.75, 3.05) is 11.6 Å². The van der Waals surface area contributed by atoms with Crippen LogP contribution in [0, 0.1) is 6.92 Å². The van der Waals surface area contributed by atoms with Crippen LogP contribution in [0.2, 0.25) is 0 Å². The predicted octanol–water partition coefficient (Wildman–Crippen LogP) is 4.03. The molecule has 0 aliphatic carbocycles. The lowest BCUT2D eigenvalue weighted by Gasteiger charge is -2.05. The number of amides is 1.